The van der Waals surface area contributed by atoms with Crippen LogP contribution in [-0.2, 0) is 6.42 Å². The van der Waals surface area contributed by atoms with Gasteiger partial charge in [-0.05, 0) is 17.7 Å². The van der Waals surface area contributed by atoms with Crippen molar-refractivity contribution in [3.63, 3.8) is 0 Å². The van der Waals surface area contributed by atoms with E-state index in [9.17, 15) is 0 Å². The molecule has 0 aliphatic carbocycles. The molecule has 0 unspecified atom stereocenters. The smallest absolute Gasteiger partial charge is 0.102 e. The van der Waals surface area contributed by atoms with Gasteiger partial charge in [0.1, 0.15) is 6.07 Å². The number of nitriles is 2. The molecule has 64 valence electrons. The fourth-order valence-electron chi connectivity index (χ4n) is 0.926. The monoisotopic (exact) mass is 210 g/mol. The minimum absolute atomic E-state index is 0.241. The van der Waals surface area contributed by atoms with E-state index in [1.165, 1.54) is 0 Å². The summed E-state index contributed by atoms with van der Waals surface area (Å²) in [6.45, 7) is 0. The van der Waals surface area contributed by atoms with Crippen LogP contribution in [0.2, 0.25) is 10.0 Å². The van der Waals surface area contributed by atoms with E-state index in [0.717, 1.165) is 5.56 Å². The summed E-state index contributed by atoms with van der Waals surface area (Å²) < 4.78 is 0. The number of halogens is 2. The lowest BCUT2D eigenvalue weighted by molar-refractivity contribution is 1.26. The van der Waals surface area contributed by atoms with Crippen molar-refractivity contribution in [2.75, 3.05) is 0 Å². The molecule has 0 fully saturated rings. The minimum atomic E-state index is 0.241. The molecular formula is C9H4Cl2N2. The lowest BCUT2D eigenvalue weighted by Crippen LogP contribution is -1.86. The minimum Gasteiger partial charge on any atom is -0.198 e. The fraction of sp³-hybridized carbons (Fsp3) is 0.111. The lowest BCUT2D eigenvalue weighted by Gasteiger charge is -2.00. The van der Waals surface area contributed by atoms with E-state index in [0.29, 0.717) is 10.0 Å². The predicted molar refractivity (Wildman–Crippen MR) is 50.5 cm³/mol. The van der Waals surface area contributed by atoms with Gasteiger partial charge in [-0.15, -0.1) is 0 Å². The Morgan fingerprint density at radius 3 is 2.08 bits per heavy atom. The van der Waals surface area contributed by atoms with Crippen LogP contribution in [-0.4, -0.2) is 0 Å². The third-order valence-corrected chi connectivity index (χ3v) is 2.09. The van der Waals surface area contributed by atoms with Gasteiger partial charge >= 0.3 is 0 Å². The molecule has 0 aromatic heterocycles. The third-order valence-electron chi connectivity index (χ3n) is 1.50. The highest BCUT2D eigenvalue weighted by atomic mass is 35.5. The predicted octanol–water partition coefficient (Wildman–Crippen LogP) is 2.93. The summed E-state index contributed by atoms with van der Waals surface area (Å²) >= 11 is 11.5. The van der Waals surface area contributed by atoms with E-state index in [1.54, 1.807) is 12.1 Å². The second-order valence-corrected chi connectivity index (χ2v) is 3.20. The summed E-state index contributed by atoms with van der Waals surface area (Å²) in [5.41, 5.74) is 0.974. The van der Waals surface area contributed by atoms with Crippen LogP contribution in [0.1, 0.15) is 11.1 Å². The van der Waals surface area contributed by atoms with E-state index >= 15 is 0 Å². The molecule has 2 nitrogen and oxygen atoms in total. The fourth-order valence-corrected chi connectivity index (χ4v) is 1.54. The van der Waals surface area contributed by atoms with E-state index in [4.69, 9.17) is 33.7 Å². The van der Waals surface area contributed by atoms with Gasteiger partial charge in [0.2, 0.25) is 0 Å². The molecule has 0 saturated carbocycles. The maximum absolute atomic E-state index is 8.64. The first-order chi connectivity index (χ1) is 6.19. The Morgan fingerprint density at radius 2 is 1.69 bits per heavy atom. The highest BCUT2D eigenvalue weighted by Gasteiger charge is 2.06. The second kappa shape index (κ2) is 4.14. The quantitative estimate of drug-likeness (QED) is 0.716. The first-order valence-corrected chi connectivity index (χ1v) is 4.19. The largest absolute Gasteiger partial charge is 0.198 e. The Morgan fingerprint density at radius 1 is 1.15 bits per heavy atom. The Bertz CT molecular complexity index is 390. The van der Waals surface area contributed by atoms with Crippen molar-refractivity contribution >= 4 is 23.2 Å². The number of benzene rings is 1. The van der Waals surface area contributed by atoms with Gasteiger partial charge < -0.3 is 0 Å². The summed E-state index contributed by atoms with van der Waals surface area (Å²) in [6, 6.07) is 7.02. The number of hydrogen-bond donors (Lipinski definition) is 0. The normalized spacial score (nSPS) is 8.92. The van der Waals surface area contributed by atoms with Gasteiger partial charge in [-0.1, -0.05) is 23.2 Å². The van der Waals surface area contributed by atoms with E-state index in [-0.39, 0.29) is 12.0 Å². The summed E-state index contributed by atoms with van der Waals surface area (Å²) in [6.07, 6.45) is 0.241. The molecular weight excluding hydrogens is 207 g/mol. The summed E-state index contributed by atoms with van der Waals surface area (Å²) in [7, 11) is 0. The molecule has 0 saturated heterocycles. The first-order valence-electron chi connectivity index (χ1n) is 3.44. The molecule has 0 heterocycles. The topological polar surface area (TPSA) is 47.6 Å². The molecule has 1 aromatic carbocycles. The van der Waals surface area contributed by atoms with E-state index in [1.807, 2.05) is 12.1 Å². The molecule has 0 spiro atoms. The Labute approximate surface area is 85.9 Å². The van der Waals surface area contributed by atoms with Crippen molar-refractivity contribution in [2.24, 2.45) is 0 Å². The van der Waals surface area contributed by atoms with Crippen LogP contribution < -0.4 is 0 Å². The summed E-state index contributed by atoms with van der Waals surface area (Å²) in [5, 5.41) is 17.6. The van der Waals surface area contributed by atoms with Gasteiger partial charge in [0.05, 0.1) is 28.1 Å². The summed E-state index contributed by atoms with van der Waals surface area (Å²) in [4.78, 5) is 0. The first kappa shape index (κ1) is 9.86. The highest BCUT2D eigenvalue weighted by molar-refractivity contribution is 6.36. The van der Waals surface area contributed by atoms with Crippen LogP contribution in [0.15, 0.2) is 12.1 Å². The Balaban J connectivity index is 3.24. The van der Waals surface area contributed by atoms with Crippen molar-refractivity contribution in [2.45, 2.75) is 6.42 Å². The van der Waals surface area contributed by atoms with Crippen molar-refractivity contribution < 1.29 is 0 Å². The van der Waals surface area contributed by atoms with Crippen LogP contribution in [0.3, 0.4) is 0 Å². The van der Waals surface area contributed by atoms with Crippen molar-refractivity contribution in [3.8, 4) is 12.1 Å². The molecule has 0 aliphatic heterocycles. The van der Waals surface area contributed by atoms with Crippen LogP contribution in [0.5, 0.6) is 0 Å². The molecule has 1 aromatic rings. The van der Waals surface area contributed by atoms with E-state index < -0.39 is 0 Å². The molecule has 4 heteroatoms. The zero-order chi connectivity index (χ0) is 9.84. The molecule has 0 atom stereocenters. The standard InChI is InChI=1S/C9H4Cl2N2/c10-8-3-6(1-2-12)4-9(11)7(8)5-13/h3-4H,1H2. The average molecular weight is 211 g/mol. The SMILES string of the molecule is N#CCc1cc(Cl)c(C#N)c(Cl)c1. The van der Waals surface area contributed by atoms with Gasteiger partial charge in [-0.3, -0.25) is 0 Å². The van der Waals surface area contributed by atoms with Crippen LogP contribution >= 0.6 is 23.2 Å². The zero-order valence-electron chi connectivity index (χ0n) is 6.51. The molecule has 0 amide bonds. The average Bonchev–Trinajstić information content (AvgIpc) is 2.04. The second-order valence-electron chi connectivity index (χ2n) is 2.38. The maximum Gasteiger partial charge on any atom is 0.102 e. The van der Waals surface area contributed by atoms with Crippen molar-refractivity contribution in [3.05, 3.63) is 33.3 Å². The van der Waals surface area contributed by atoms with Crippen LogP contribution in [0, 0.1) is 22.7 Å². The molecule has 1 rings (SSSR count). The number of rotatable bonds is 1. The lowest BCUT2D eigenvalue weighted by atomic mass is 10.1. The van der Waals surface area contributed by atoms with Gasteiger partial charge in [0, 0.05) is 0 Å². The zero-order valence-corrected chi connectivity index (χ0v) is 8.02. The van der Waals surface area contributed by atoms with Crippen LogP contribution in [0.25, 0.3) is 0 Å². The van der Waals surface area contributed by atoms with Gasteiger partial charge in [-0.2, -0.15) is 10.5 Å². The number of hydrogen-bond acceptors (Lipinski definition) is 2. The van der Waals surface area contributed by atoms with Gasteiger partial charge in [-0.25, -0.2) is 0 Å². The number of nitrogens with zero attached hydrogens (tertiary/aromatic N) is 2. The van der Waals surface area contributed by atoms with Gasteiger partial charge in [0.15, 0.2) is 0 Å². The van der Waals surface area contributed by atoms with Crippen molar-refractivity contribution in [1.82, 2.24) is 0 Å². The molecule has 0 aliphatic rings. The third kappa shape index (κ3) is 2.12. The van der Waals surface area contributed by atoms with Crippen LogP contribution in [0.4, 0.5) is 0 Å². The van der Waals surface area contributed by atoms with Gasteiger partial charge in [0.25, 0.3) is 0 Å². The Hall–Kier alpha value is -1.22. The summed E-state index contributed by atoms with van der Waals surface area (Å²) in [5.74, 6) is 0. The highest BCUT2D eigenvalue weighted by Crippen LogP contribution is 2.25. The molecule has 0 radical (unpaired) electrons. The Kier molecular flexibility index (Phi) is 3.14. The molecule has 13 heavy (non-hydrogen) atoms. The molecule has 0 bridgehead atoms. The molecule has 0 N–H and O–H groups in total. The maximum atomic E-state index is 8.64. The van der Waals surface area contributed by atoms with E-state index in [2.05, 4.69) is 0 Å². The van der Waals surface area contributed by atoms with Crippen molar-refractivity contribution in [1.29, 1.82) is 10.5 Å².